The molecule has 0 unspecified atom stereocenters. The van der Waals surface area contributed by atoms with E-state index in [1.807, 2.05) is 29.0 Å². The Morgan fingerprint density at radius 2 is 2.00 bits per heavy atom. The van der Waals surface area contributed by atoms with Crippen LogP contribution in [0.4, 0.5) is 0 Å². The second kappa shape index (κ2) is 4.80. The first-order valence-electron chi connectivity index (χ1n) is 4.93. The number of guanidine groups is 1. The second-order valence-corrected chi connectivity index (χ2v) is 4.21. The summed E-state index contributed by atoms with van der Waals surface area (Å²) >= 11 is 1.61. The molecule has 0 atom stereocenters. The lowest BCUT2D eigenvalue weighted by Gasteiger charge is -2.00. The molecule has 2 rings (SSSR count). The van der Waals surface area contributed by atoms with E-state index in [0.717, 1.165) is 11.1 Å². The highest BCUT2D eigenvalue weighted by atomic mass is 32.1. The third-order valence-corrected chi connectivity index (χ3v) is 2.88. The van der Waals surface area contributed by atoms with Crippen LogP contribution in [0.25, 0.3) is 11.1 Å². The van der Waals surface area contributed by atoms with Gasteiger partial charge >= 0.3 is 0 Å². The van der Waals surface area contributed by atoms with E-state index in [4.69, 9.17) is 11.5 Å². The van der Waals surface area contributed by atoms with Gasteiger partial charge in [-0.25, -0.2) is 0 Å². The number of rotatable bonds is 2. The maximum Gasteiger partial charge on any atom is 0.280 e. The van der Waals surface area contributed by atoms with Crippen molar-refractivity contribution in [2.45, 2.75) is 0 Å². The standard InChI is InChI=1S/C12H11N3OS/c13-12(14)15-11(16)9-3-1-2-8(6-9)10-4-5-17-7-10/h1-7H,(H4,13,14,15,16). The van der Waals surface area contributed by atoms with Crippen LogP contribution in [0.3, 0.4) is 0 Å². The normalized spacial score (nSPS) is 9.88. The first-order chi connectivity index (χ1) is 8.16. The van der Waals surface area contributed by atoms with Crippen molar-refractivity contribution in [1.82, 2.24) is 0 Å². The molecule has 1 heterocycles. The molecule has 0 spiro atoms. The first-order valence-corrected chi connectivity index (χ1v) is 5.87. The van der Waals surface area contributed by atoms with Gasteiger partial charge in [0, 0.05) is 5.56 Å². The van der Waals surface area contributed by atoms with Gasteiger partial charge in [-0.05, 0) is 40.1 Å². The molecular formula is C12H11N3OS. The zero-order valence-corrected chi connectivity index (χ0v) is 9.78. The molecule has 86 valence electrons. The van der Waals surface area contributed by atoms with E-state index in [9.17, 15) is 4.79 Å². The van der Waals surface area contributed by atoms with Gasteiger partial charge in [-0.1, -0.05) is 12.1 Å². The lowest BCUT2D eigenvalue weighted by atomic mass is 10.1. The lowest BCUT2D eigenvalue weighted by Crippen LogP contribution is -2.24. The predicted molar refractivity (Wildman–Crippen MR) is 69.9 cm³/mol. The Kier molecular flexibility index (Phi) is 3.20. The van der Waals surface area contributed by atoms with Gasteiger partial charge in [0.15, 0.2) is 5.96 Å². The first kappa shape index (κ1) is 11.3. The Balaban J connectivity index is 2.36. The van der Waals surface area contributed by atoms with Crippen LogP contribution in [0, 0.1) is 0 Å². The molecule has 1 aromatic heterocycles. The number of aliphatic imine (C=N–C) groups is 1. The summed E-state index contributed by atoms with van der Waals surface area (Å²) in [4.78, 5) is 15.1. The monoisotopic (exact) mass is 245 g/mol. The number of nitrogens with zero attached hydrogens (tertiary/aromatic N) is 1. The van der Waals surface area contributed by atoms with Gasteiger partial charge in [0.1, 0.15) is 0 Å². The van der Waals surface area contributed by atoms with Gasteiger partial charge < -0.3 is 11.5 Å². The number of carbonyl (C=O) groups is 1. The summed E-state index contributed by atoms with van der Waals surface area (Å²) in [7, 11) is 0. The maximum absolute atomic E-state index is 11.6. The zero-order chi connectivity index (χ0) is 12.3. The summed E-state index contributed by atoms with van der Waals surface area (Å²) in [6.45, 7) is 0. The number of amides is 1. The molecule has 0 bridgehead atoms. The average Bonchev–Trinajstić information content (AvgIpc) is 2.82. The van der Waals surface area contributed by atoms with Crippen LogP contribution in [0.2, 0.25) is 0 Å². The van der Waals surface area contributed by atoms with E-state index in [1.54, 1.807) is 23.5 Å². The SMILES string of the molecule is NC(N)=NC(=O)c1cccc(-c2ccsc2)c1. The number of carbonyl (C=O) groups excluding carboxylic acids is 1. The lowest BCUT2D eigenvalue weighted by molar-refractivity contribution is 0.100. The third-order valence-electron chi connectivity index (χ3n) is 2.19. The molecule has 4 N–H and O–H groups in total. The number of thiophene rings is 1. The van der Waals surface area contributed by atoms with E-state index in [0.29, 0.717) is 5.56 Å². The summed E-state index contributed by atoms with van der Waals surface area (Å²) in [5, 5.41) is 4.00. The highest BCUT2D eigenvalue weighted by Gasteiger charge is 2.06. The van der Waals surface area contributed by atoms with Gasteiger partial charge in [-0.3, -0.25) is 4.79 Å². The molecule has 0 saturated carbocycles. The minimum absolute atomic E-state index is 0.226. The van der Waals surface area contributed by atoms with Crippen LogP contribution in [-0.2, 0) is 0 Å². The molecule has 2 aromatic rings. The van der Waals surface area contributed by atoms with Crippen LogP contribution in [0.5, 0.6) is 0 Å². The molecular weight excluding hydrogens is 234 g/mol. The Hall–Kier alpha value is -2.14. The molecule has 0 aliphatic carbocycles. The number of hydrogen-bond acceptors (Lipinski definition) is 2. The molecule has 0 aliphatic rings. The topological polar surface area (TPSA) is 81.5 Å². The zero-order valence-electron chi connectivity index (χ0n) is 8.96. The average molecular weight is 245 g/mol. The number of benzene rings is 1. The summed E-state index contributed by atoms with van der Waals surface area (Å²) in [6.07, 6.45) is 0. The molecule has 1 aromatic carbocycles. The molecule has 17 heavy (non-hydrogen) atoms. The fourth-order valence-electron chi connectivity index (χ4n) is 1.44. The van der Waals surface area contributed by atoms with Crippen molar-refractivity contribution >= 4 is 23.2 Å². The highest BCUT2D eigenvalue weighted by molar-refractivity contribution is 7.08. The quantitative estimate of drug-likeness (QED) is 0.625. The van der Waals surface area contributed by atoms with Crippen molar-refractivity contribution < 1.29 is 4.79 Å². The predicted octanol–water partition coefficient (Wildman–Crippen LogP) is 1.83. The molecule has 4 nitrogen and oxygen atoms in total. The Morgan fingerprint density at radius 3 is 2.65 bits per heavy atom. The minimum atomic E-state index is -0.429. The van der Waals surface area contributed by atoms with Gasteiger partial charge in [0.2, 0.25) is 0 Å². The number of hydrogen-bond donors (Lipinski definition) is 2. The van der Waals surface area contributed by atoms with Crippen molar-refractivity contribution in [1.29, 1.82) is 0 Å². The van der Waals surface area contributed by atoms with Crippen LogP contribution in [-0.4, -0.2) is 11.9 Å². The molecule has 0 aliphatic heterocycles. The van der Waals surface area contributed by atoms with E-state index in [2.05, 4.69) is 4.99 Å². The summed E-state index contributed by atoms with van der Waals surface area (Å²) in [6, 6.07) is 9.20. The fourth-order valence-corrected chi connectivity index (χ4v) is 2.11. The largest absolute Gasteiger partial charge is 0.370 e. The van der Waals surface area contributed by atoms with Gasteiger partial charge in [0.05, 0.1) is 0 Å². The summed E-state index contributed by atoms with van der Waals surface area (Å²) in [5.74, 6) is -0.655. The highest BCUT2D eigenvalue weighted by Crippen LogP contribution is 2.23. The Labute approximate surface area is 103 Å². The van der Waals surface area contributed by atoms with Crippen molar-refractivity contribution in [2.75, 3.05) is 0 Å². The van der Waals surface area contributed by atoms with Gasteiger partial charge in [0.25, 0.3) is 5.91 Å². The minimum Gasteiger partial charge on any atom is -0.370 e. The third kappa shape index (κ3) is 2.70. The van der Waals surface area contributed by atoms with E-state index >= 15 is 0 Å². The smallest absolute Gasteiger partial charge is 0.280 e. The molecule has 5 heteroatoms. The van der Waals surface area contributed by atoms with Crippen molar-refractivity contribution in [3.63, 3.8) is 0 Å². The van der Waals surface area contributed by atoms with Crippen LogP contribution in [0.15, 0.2) is 46.1 Å². The van der Waals surface area contributed by atoms with Crippen molar-refractivity contribution in [2.24, 2.45) is 16.5 Å². The maximum atomic E-state index is 11.6. The van der Waals surface area contributed by atoms with Crippen molar-refractivity contribution in [3.05, 3.63) is 46.7 Å². The summed E-state index contributed by atoms with van der Waals surface area (Å²) in [5.41, 5.74) is 12.9. The van der Waals surface area contributed by atoms with Crippen LogP contribution < -0.4 is 11.5 Å². The number of nitrogens with two attached hydrogens (primary N) is 2. The summed E-state index contributed by atoms with van der Waals surface area (Å²) < 4.78 is 0. The second-order valence-electron chi connectivity index (χ2n) is 3.43. The van der Waals surface area contributed by atoms with Crippen LogP contribution in [0.1, 0.15) is 10.4 Å². The molecule has 0 fully saturated rings. The van der Waals surface area contributed by atoms with E-state index < -0.39 is 5.91 Å². The molecule has 0 radical (unpaired) electrons. The van der Waals surface area contributed by atoms with Crippen LogP contribution >= 0.6 is 11.3 Å². The van der Waals surface area contributed by atoms with E-state index in [1.165, 1.54) is 0 Å². The van der Waals surface area contributed by atoms with Gasteiger partial charge in [-0.15, -0.1) is 0 Å². The molecule has 0 saturated heterocycles. The fraction of sp³-hybridized carbons (Fsp3) is 0. The Bertz CT molecular complexity index is 557. The van der Waals surface area contributed by atoms with Gasteiger partial charge in [-0.2, -0.15) is 16.3 Å². The van der Waals surface area contributed by atoms with E-state index in [-0.39, 0.29) is 5.96 Å². The Morgan fingerprint density at radius 1 is 1.18 bits per heavy atom. The molecule has 1 amide bonds. The van der Waals surface area contributed by atoms with Crippen molar-refractivity contribution in [3.8, 4) is 11.1 Å².